The minimum atomic E-state index is -0.331. The van der Waals surface area contributed by atoms with Gasteiger partial charge in [-0.2, -0.15) is 5.26 Å². The van der Waals surface area contributed by atoms with Gasteiger partial charge in [-0.25, -0.2) is 4.39 Å². The average Bonchev–Trinajstić information content (AvgIpc) is 2.35. The number of rotatable bonds is 6. The van der Waals surface area contributed by atoms with E-state index in [4.69, 9.17) is 5.26 Å². The van der Waals surface area contributed by atoms with Crippen LogP contribution in [0.5, 0.6) is 0 Å². The Balaban J connectivity index is 2.64. The summed E-state index contributed by atoms with van der Waals surface area (Å²) in [6, 6.07) is 6.22. The van der Waals surface area contributed by atoms with E-state index in [1.807, 2.05) is 6.07 Å². The molecule has 0 saturated heterocycles. The third-order valence-corrected chi connectivity index (χ3v) is 2.73. The number of benzene rings is 1. The van der Waals surface area contributed by atoms with Gasteiger partial charge in [0.25, 0.3) is 0 Å². The van der Waals surface area contributed by atoms with Crippen molar-refractivity contribution >= 4 is 0 Å². The first-order valence-corrected chi connectivity index (χ1v) is 6.09. The first-order chi connectivity index (χ1) is 8.56. The van der Waals surface area contributed by atoms with Crippen molar-refractivity contribution in [3.8, 4) is 6.07 Å². The van der Waals surface area contributed by atoms with E-state index in [-0.39, 0.29) is 18.5 Å². The molecule has 1 unspecified atom stereocenters. The lowest BCUT2D eigenvalue weighted by Gasteiger charge is -2.18. The molecule has 1 aromatic carbocycles. The third kappa shape index (κ3) is 4.44. The van der Waals surface area contributed by atoms with E-state index in [9.17, 15) is 9.50 Å². The minimum Gasteiger partial charge on any atom is -0.395 e. The van der Waals surface area contributed by atoms with E-state index in [1.54, 1.807) is 0 Å². The van der Waals surface area contributed by atoms with E-state index < -0.39 is 0 Å². The van der Waals surface area contributed by atoms with Gasteiger partial charge in [-0.3, -0.25) is 0 Å². The molecule has 0 saturated carbocycles. The summed E-state index contributed by atoms with van der Waals surface area (Å²) in [4.78, 5) is 0. The summed E-state index contributed by atoms with van der Waals surface area (Å²) in [5, 5.41) is 21.1. The zero-order chi connectivity index (χ0) is 13.5. The van der Waals surface area contributed by atoms with Crippen LogP contribution in [0.1, 0.15) is 31.4 Å². The monoisotopic (exact) mass is 250 g/mol. The van der Waals surface area contributed by atoms with Gasteiger partial charge in [-0.1, -0.05) is 13.8 Å². The van der Waals surface area contributed by atoms with Crippen molar-refractivity contribution in [1.29, 1.82) is 5.26 Å². The van der Waals surface area contributed by atoms with Crippen molar-refractivity contribution < 1.29 is 9.50 Å². The lowest BCUT2D eigenvalue weighted by molar-refractivity contribution is 0.223. The summed E-state index contributed by atoms with van der Waals surface area (Å²) < 4.78 is 13.5. The topological polar surface area (TPSA) is 56.0 Å². The molecule has 1 atom stereocenters. The Labute approximate surface area is 107 Å². The van der Waals surface area contributed by atoms with Crippen LogP contribution in [0.15, 0.2) is 18.2 Å². The lowest BCUT2D eigenvalue weighted by atomic mass is 10.0. The van der Waals surface area contributed by atoms with E-state index in [2.05, 4.69) is 19.2 Å². The number of hydrogen-bond donors (Lipinski definition) is 2. The Bertz CT molecular complexity index is 426. The molecule has 3 nitrogen and oxygen atoms in total. The molecule has 2 N–H and O–H groups in total. The first-order valence-electron chi connectivity index (χ1n) is 6.09. The van der Waals surface area contributed by atoms with Crippen molar-refractivity contribution in [3.63, 3.8) is 0 Å². The van der Waals surface area contributed by atoms with Crippen LogP contribution in [0.2, 0.25) is 0 Å². The van der Waals surface area contributed by atoms with Crippen LogP contribution in [0, 0.1) is 23.1 Å². The molecule has 98 valence electrons. The predicted molar refractivity (Wildman–Crippen MR) is 68.3 cm³/mol. The fourth-order valence-electron chi connectivity index (χ4n) is 1.83. The van der Waals surface area contributed by atoms with Crippen molar-refractivity contribution in [1.82, 2.24) is 5.32 Å². The quantitative estimate of drug-likeness (QED) is 0.813. The Morgan fingerprint density at radius 3 is 2.72 bits per heavy atom. The van der Waals surface area contributed by atoms with Crippen molar-refractivity contribution in [2.45, 2.75) is 32.9 Å². The second-order valence-corrected chi connectivity index (χ2v) is 4.81. The van der Waals surface area contributed by atoms with Crippen LogP contribution >= 0.6 is 0 Å². The maximum absolute atomic E-state index is 13.5. The van der Waals surface area contributed by atoms with Gasteiger partial charge < -0.3 is 10.4 Å². The van der Waals surface area contributed by atoms with Crippen LogP contribution in [-0.4, -0.2) is 17.8 Å². The van der Waals surface area contributed by atoms with Crippen LogP contribution in [0.25, 0.3) is 0 Å². The highest BCUT2D eigenvalue weighted by atomic mass is 19.1. The Kier molecular flexibility index (Phi) is 5.76. The maximum Gasteiger partial charge on any atom is 0.127 e. The summed E-state index contributed by atoms with van der Waals surface area (Å²) in [6.07, 6.45) is 0.829. The van der Waals surface area contributed by atoms with E-state index in [0.717, 1.165) is 6.42 Å². The van der Waals surface area contributed by atoms with Gasteiger partial charge in [-0.05, 0) is 30.5 Å². The second kappa shape index (κ2) is 7.10. The van der Waals surface area contributed by atoms with Crippen molar-refractivity contribution in [3.05, 3.63) is 35.1 Å². The lowest BCUT2D eigenvalue weighted by Crippen LogP contribution is -2.33. The molecule has 0 radical (unpaired) electrons. The molecule has 0 spiro atoms. The van der Waals surface area contributed by atoms with E-state index >= 15 is 0 Å². The standard InChI is InChI=1S/C14H19FN2O/c1-10(2)5-13(9-18)17-8-12-6-11(7-16)3-4-14(12)15/h3-4,6,10,13,17-18H,5,8-9H2,1-2H3. The highest BCUT2D eigenvalue weighted by molar-refractivity contribution is 5.33. The minimum absolute atomic E-state index is 0.0255. The molecule has 4 heteroatoms. The molecule has 0 aliphatic rings. The summed E-state index contributed by atoms with van der Waals surface area (Å²) in [5.41, 5.74) is 0.897. The van der Waals surface area contributed by atoms with E-state index in [1.165, 1.54) is 18.2 Å². The highest BCUT2D eigenvalue weighted by Crippen LogP contribution is 2.11. The largest absolute Gasteiger partial charge is 0.395 e. The molecule has 0 fully saturated rings. The van der Waals surface area contributed by atoms with Crippen LogP contribution in [0.4, 0.5) is 4.39 Å². The first kappa shape index (κ1) is 14.6. The number of nitrogens with one attached hydrogen (secondary N) is 1. The fourth-order valence-corrected chi connectivity index (χ4v) is 1.83. The van der Waals surface area contributed by atoms with Gasteiger partial charge >= 0.3 is 0 Å². The zero-order valence-electron chi connectivity index (χ0n) is 10.8. The molecule has 0 heterocycles. The molecule has 0 aliphatic heterocycles. The molecule has 0 bridgehead atoms. The number of aliphatic hydroxyl groups excluding tert-OH is 1. The van der Waals surface area contributed by atoms with Gasteiger partial charge in [0.2, 0.25) is 0 Å². The fraction of sp³-hybridized carbons (Fsp3) is 0.500. The summed E-state index contributed by atoms with van der Waals surface area (Å²) in [5.74, 6) is 0.132. The maximum atomic E-state index is 13.5. The van der Waals surface area contributed by atoms with Crippen molar-refractivity contribution in [2.75, 3.05) is 6.61 Å². The Morgan fingerprint density at radius 2 is 2.17 bits per heavy atom. The Hall–Kier alpha value is -1.44. The molecule has 0 amide bonds. The second-order valence-electron chi connectivity index (χ2n) is 4.81. The number of hydrogen-bond acceptors (Lipinski definition) is 3. The highest BCUT2D eigenvalue weighted by Gasteiger charge is 2.10. The van der Waals surface area contributed by atoms with Gasteiger partial charge in [0.05, 0.1) is 18.2 Å². The summed E-state index contributed by atoms with van der Waals surface area (Å²) in [6.45, 7) is 4.49. The molecular formula is C14H19FN2O. The summed E-state index contributed by atoms with van der Waals surface area (Å²) >= 11 is 0. The smallest absolute Gasteiger partial charge is 0.127 e. The van der Waals surface area contributed by atoms with Gasteiger partial charge in [0.15, 0.2) is 0 Å². The number of aliphatic hydroxyl groups is 1. The van der Waals surface area contributed by atoms with Crippen LogP contribution in [-0.2, 0) is 6.54 Å². The molecule has 1 rings (SSSR count). The number of nitriles is 1. The third-order valence-electron chi connectivity index (χ3n) is 2.73. The predicted octanol–water partition coefficient (Wildman–Crippen LogP) is 2.19. The molecular weight excluding hydrogens is 231 g/mol. The zero-order valence-corrected chi connectivity index (χ0v) is 10.8. The Morgan fingerprint density at radius 1 is 1.44 bits per heavy atom. The van der Waals surface area contributed by atoms with Crippen LogP contribution in [0.3, 0.4) is 0 Å². The number of halogens is 1. The van der Waals surface area contributed by atoms with E-state index in [0.29, 0.717) is 23.6 Å². The van der Waals surface area contributed by atoms with Crippen LogP contribution < -0.4 is 5.32 Å². The molecule has 0 aromatic heterocycles. The SMILES string of the molecule is CC(C)CC(CO)NCc1cc(C#N)ccc1F. The van der Waals surface area contributed by atoms with Crippen molar-refractivity contribution in [2.24, 2.45) is 5.92 Å². The molecule has 18 heavy (non-hydrogen) atoms. The number of nitrogens with zero attached hydrogens (tertiary/aromatic N) is 1. The van der Waals surface area contributed by atoms with Gasteiger partial charge in [0, 0.05) is 18.2 Å². The summed E-state index contributed by atoms with van der Waals surface area (Å²) in [7, 11) is 0. The van der Waals surface area contributed by atoms with Gasteiger partial charge in [-0.15, -0.1) is 0 Å². The van der Waals surface area contributed by atoms with Gasteiger partial charge in [0.1, 0.15) is 5.82 Å². The molecule has 0 aliphatic carbocycles. The normalized spacial score (nSPS) is 12.4. The molecule has 1 aromatic rings. The average molecular weight is 250 g/mol.